The van der Waals surface area contributed by atoms with Gasteiger partial charge < -0.3 is 10.2 Å². The first-order valence-electron chi connectivity index (χ1n) is 8.16. The topological polar surface area (TPSA) is 50.2 Å². The van der Waals surface area contributed by atoms with E-state index < -0.39 is 0 Å². The zero-order valence-electron chi connectivity index (χ0n) is 13.8. The average molecular weight is 312 g/mol. The Hall–Kier alpha value is -2.14. The number of hydrogen-bond donors (Lipinski definition) is 1. The number of carbonyl (C=O) groups excluding carboxylic acids is 1. The van der Waals surface area contributed by atoms with E-state index in [2.05, 4.69) is 34.7 Å². The van der Waals surface area contributed by atoms with Crippen LogP contribution in [0.3, 0.4) is 0 Å². The minimum atomic E-state index is -0.306. The van der Waals surface area contributed by atoms with Crippen molar-refractivity contribution in [1.82, 2.24) is 20.0 Å². The number of likely N-dealkylation sites (tertiary alicyclic amines) is 1. The predicted molar refractivity (Wildman–Crippen MR) is 89.8 cm³/mol. The molecular weight excluding hydrogens is 288 g/mol. The van der Waals surface area contributed by atoms with Gasteiger partial charge in [-0.2, -0.15) is 5.10 Å². The van der Waals surface area contributed by atoms with Crippen molar-refractivity contribution in [3.63, 3.8) is 0 Å². The number of benzene rings is 1. The van der Waals surface area contributed by atoms with Gasteiger partial charge in [-0.3, -0.25) is 9.48 Å². The molecule has 5 nitrogen and oxygen atoms in total. The fourth-order valence-corrected chi connectivity index (χ4v) is 3.35. The quantitative estimate of drug-likeness (QED) is 0.915. The van der Waals surface area contributed by atoms with Crippen LogP contribution in [0.5, 0.6) is 0 Å². The Labute approximate surface area is 137 Å². The molecule has 1 fully saturated rings. The van der Waals surface area contributed by atoms with E-state index in [9.17, 15) is 4.79 Å². The molecule has 0 bridgehead atoms. The average Bonchev–Trinajstić information content (AvgIpc) is 3.18. The van der Waals surface area contributed by atoms with Crippen LogP contribution >= 0.6 is 0 Å². The Morgan fingerprint density at radius 3 is 2.83 bits per heavy atom. The minimum Gasteiger partial charge on any atom is -0.341 e. The maximum atomic E-state index is 12.8. The van der Waals surface area contributed by atoms with Crippen LogP contribution in [0.1, 0.15) is 23.6 Å². The van der Waals surface area contributed by atoms with Gasteiger partial charge in [-0.1, -0.05) is 30.3 Å². The van der Waals surface area contributed by atoms with Gasteiger partial charge in [0.05, 0.1) is 6.20 Å². The fourth-order valence-electron chi connectivity index (χ4n) is 3.35. The molecule has 5 heteroatoms. The normalized spacial score (nSPS) is 19.0. The molecule has 0 saturated carbocycles. The second-order valence-electron chi connectivity index (χ2n) is 6.30. The molecule has 1 N–H and O–H groups in total. The van der Waals surface area contributed by atoms with Gasteiger partial charge in [0, 0.05) is 31.9 Å². The van der Waals surface area contributed by atoms with Crippen molar-refractivity contribution in [3.8, 4) is 0 Å². The first-order chi connectivity index (χ1) is 11.2. The Morgan fingerprint density at radius 1 is 1.39 bits per heavy atom. The Bertz CT molecular complexity index is 652. The second-order valence-corrected chi connectivity index (χ2v) is 6.30. The van der Waals surface area contributed by atoms with Crippen molar-refractivity contribution in [2.45, 2.75) is 18.9 Å². The molecule has 1 amide bonds. The molecule has 3 rings (SSSR count). The molecule has 1 aromatic carbocycles. The molecule has 23 heavy (non-hydrogen) atoms. The predicted octanol–water partition coefficient (Wildman–Crippen LogP) is 1.77. The summed E-state index contributed by atoms with van der Waals surface area (Å²) in [6, 6.07) is 10.2. The number of nitrogens with one attached hydrogen (secondary N) is 1. The lowest BCUT2D eigenvalue weighted by atomic mass is 9.99. The lowest BCUT2D eigenvalue weighted by molar-refractivity contribution is -0.132. The second kappa shape index (κ2) is 6.96. The molecule has 0 aliphatic carbocycles. The molecular formula is C18H24N4O. The van der Waals surface area contributed by atoms with E-state index in [0.29, 0.717) is 5.92 Å². The SMILES string of the molecule is CNC(C(=O)N1CCC(Cc2ccccc2)C1)c1cnn(C)c1. The monoisotopic (exact) mass is 312 g/mol. The smallest absolute Gasteiger partial charge is 0.244 e. The number of hydrogen-bond acceptors (Lipinski definition) is 3. The highest BCUT2D eigenvalue weighted by Gasteiger charge is 2.31. The third-order valence-corrected chi connectivity index (χ3v) is 4.56. The van der Waals surface area contributed by atoms with E-state index >= 15 is 0 Å². The molecule has 1 aliphatic heterocycles. The van der Waals surface area contributed by atoms with Crippen molar-refractivity contribution in [2.24, 2.45) is 13.0 Å². The maximum Gasteiger partial charge on any atom is 0.244 e. The molecule has 2 heterocycles. The lowest BCUT2D eigenvalue weighted by Crippen LogP contribution is -2.38. The minimum absolute atomic E-state index is 0.149. The van der Waals surface area contributed by atoms with Gasteiger partial charge in [0.1, 0.15) is 6.04 Å². The van der Waals surface area contributed by atoms with Crippen LogP contribution in [0, 0.1) is 5.92 Å². The van der Waals surface area contributed by atoms with Gasteiger partial charge in [0.2, 0.25) is 5.91 Å². The summed E-state index contributed by atoms with van der Waals surface area (Å²) in [5.74, 6) is 0.698. The Balaban J connectivity index is 1.62. The highest BCUT2D eigenvalue weighted by atomic mass is 16.2. The highest BCUT2D eigenvalue weighted by molar-refractivity contribution is 5.83. The van der Waals surface area contributed by atoms with Gasteiger partial charge in [-0.15, -0.1) is 0 Å². The van der Waals surface area contributed by atoms with Crippen molar-refractivity contribution in [1.29, 1.82) is 0 Å². The number of carbonyl (C=O) groups is 1. The van der Waals surface area contributed by atoms with E-state index in [1.165, 1.54) is 5.56 Å². The number of amides is 1. The summed E-state index contributed by atoms with van der Waals surface area (Å²) in [6.07, 6.45) is 5.78. The van der Waals surface area contributed by atoms with Crippen LogP contribution in [-0.2, 0) is 18.3 Å². The van der Waals surface area contributed by atoms with Crippen LogP contribution in [0.2, 0.25) is 0 Å². The van der Waals surface area contributed by atoms with Crippen LogP contribution in [-0.4, -0.2) is 40.7 Å². The van der Waals surface area contributed by atoms with Crippen LogP contribution in [0.25, 0.3) is 0 Å². The zero-order valence-corrected chi connectivity index (χ0v) is 13.8. The molecule has 1 aliphatic rings. The Kier molecular flexibility index (Phi) is 4.76. The van der Waals surface area contributed by atoms with Gasteiger partial charge in [0.15, 0.2) is 0 Å². The summed E-state index contributed by atoms with van der Waals surface area (Å²) < 4.78 is 1.73. The van der Waals surface area contributed by atoms with Gasteiger partial charge in [-0.25, -0.2) is 0 Å². The third-order valence-electron chi connectivity index (χ3n) is 4.56. The summed E-state index contributed by atoms with van der Waals surface area (Å²) >= 11 is 0. The number of rotatable bonds is 5. The van der Waals surface area contributed by atoms with Crippen molar-refractivity contribution in [2.75, 3.05) is 20.1 Å². The summed E-state index contributed by atoms with van der Waals surface area (Å²) in [7, 11) is 3.69. The summed E-state index contributed by atoms with van der Waals surface area (Å²) in [5, 5.41) is 7.30. The molecule has 0 spiro atoms. The van der Waals surface area contributed by atoms with Gasteiger partial charge in [0.25, 0.3) is 0 Å². The molecule has 1 aromatic heterocycles. The lowest BCUT2D eigenvalue weighted by Gasteiger charge is -2.22. The summed E-state index contributed by atoms with van der Waals surface area (Å²) in [6.45, 7) is 1.68. The zero-order chi connectivity index (χ0) is 16.2. The van der Waals surface area contributed by atoms with Crippen molar-refractivity contribution < 1.29 is 4.79 Å². The molecule has 2 aromatic rings. The number of likely N-dealkylation sites (N-methyl/N-ethyl adjacent to an activating group) is 1. The molecule has 2 unspecified atom stereocenters. The van der Waals surface area contributed by atoms with Crippen molar-refractivity contribution in [3.05, 3.63) is 53.9 Å². The molecule has 122 valence electrons. The van der Waals surface area contributed by atoms with Crippen LogP contribution in [0.15, 0.2) is 42.7 Å². The third kappa shape index (κ3) is 3.62. The van der Waals surface area contributed by atoms with E-state index in [-0.39, 0.29) is 11.9 Å². The maximum absolute atomic E-state index is 12.8. The largest absolute Gasteiger partial charge is 0.341 e. The standard InChI is InChI=1S/C18H24N4O/c1-19-17(16-11-20-21(2)13-16)18(23)22-9-8-15(12-22)10-14-6-4-3-5-7-14/h3-7,11,13,15,17,19H,8-10,12H2,1-2H3. The number of nitrogens with zero attached hydrogens (tertiary/aromatic N) is 3. The van der Waals surface area contributed by atoms with Gasteiger partial charge >= 0.3 is 0 Å². The Morgan fingerprint density at radius 2 is 2.17 bits per heavy atom. The van der Waals surface area contributed by atoms with Gasteiger partial charge in [-0.05, 0) is 31.4 Å². The highest BCUT2D eigenvalue weighted by Crippen LogP contribution is 2.24. The first kappa shape index (κ1) is 15.7. The molecule has 0 radical (unpaired) electrons. The molecule has 2 atom stereocenters. The fraction of sp³-hybridized carbons (Fsp3) is 0.444. The summed E-state index contributed by atoms with van der Waals surface area (Å²) in [4.78, 5) is 14.8. The number of aryl methyl sites for hydroxylation is 1. The first-order valence-corrected chi connectivity index (χ1v) is 8.16. The van der Waals surface area contributed by atoms with Crippen LogP contribution in [0.4, 0.5) is 0 Å². The van der Waals surface area contributed by atoms with Crippen molar-refractivity contribution >= 4 is 5.91 Å². The van der Waals surface area contributed by atoms with Crippen LogP contribution < -0.4 is 5.32 Å². The van der Waals surface area contributed by atoms with E-state index in [1.807, 2.05) is 31.3 Å². The van der Waals surface area contributed by atoms with E-state index in [4.69, 9.17) is 0 Å². The number of aromatic nitrogens is 2. The van der Waals surface area contributed by atoms with E-state index in [0.717, 1.165) is 31.5 Å². The van der Waals surface area contributed by atoms with E-state index in [1.54, 1.807) is 10.9 Å². The molecule has 1 saturated heterocycles. The summed E-state index contributed by atoms with van der Waals surface area (Å²) in [5.41, 5.74) is 2.27.